The number of imidazole rings is 1. The fourth-order valence-corrected chi connectivity index (χ4v) is 3.76. The Bertz CT molecular complexity index is 1390. The van der Waals surface area contributed by atoms with Gasteiger partial charge in [0.05, 0.1) is 16.7 Å². The van der Waals surface area contributed by atoms with Gasteiger partial charge in [0.15, 0.2) is 0 Å². The predicted octanol–water partition coefficient (Wildman–Crippen LogP) is 6.29. The summed E-state index contributed by atoms with van der Waals surface area (Å²) < 4.78 is 19.1. The van der Waals surface area contributed by atoms with E-state index in [2.05, 4.69) is 39.8 Å². The van der Waals surface area contributed by atoms with Gasteiger partial charge < -0.3 is 0 Å². The van der Waals surface area contributed by atoms with Gasteiger partial charge in [0.1, 0.15) is 5.65 Å². The van der Waals surface area contributed by atoms with E-state index in [4.69, 9.17) is 7.73 Å². The van der Waals surface area contributed by atoms with Crippen molar-refractivity contribution in [3.63, 3.8) is 0 Å². The lowest BCUT2D eigenvalue weighted by atomic mass is 9.88. The fourth-order valence-electron chi connectivity index (χ4n) is 3.76. The molecule has 3 aromatic heterocycles. The van der Waals surface area contributed by atoms with Gasteiger partial charge in [0.2, 0.25) is 0 Å². The maximum absolute atomic E-state index is 8.51. The molecular formula is C25H23N3. The number of nitrogens with zero attached hydrogens (tertiary/aromatic N) is 3. The molecule has 0 bridgehead atoms. The van der Waals surface area contributed by atoms with Crippen molar-refractivity contribution in [2.45, 2.75) is 27.1 Å². The van der Waals surface area contributed by atoms with E-state index < -0.39 is 11.8 Å². The summed E-state index contributed by atoms with van der Waals surface area (Å²) in [5.74, 6) is 0. The summed E-state index contributed by atoms with van der Waals surface area (Å²) in [6, 6.07) is 20.2. The van der Waals surface area contributed by atoms with Gasteiger partial charge >= 0.3 is 0 Å². The summed E-state index contributed by atoms with van der Waals surface area (Å²) >= 11 is 0. The average molecular weight is 367 g/mol. The summed E-state index contributed by atoms with van der Waals surface area (Å²) in [5, 5.41) is 2.15. The lowest BCUT2D eigenvalue weighted by Gasteiger charge is -2.18. The van der Waals surface area contributed by atoms with E-state index >= 15 is 0 Å². The molecule has 0 fully saturated rings. The minimum Gasteiger partial charge on any atom is -0.299 e. The second-order valence-electron chi connectivity index (χ2n) is 8.19. The summed E-state index contributed by atoms with van der Waals surface area (Å²) in [5.41, 5.74) is 4.83. The van der Waals surface area contributed by atoms with Crippen LogP contribution < -0.4 is 0 Å². The van der Waals surface area contributed by atoms with Crippen LogP contribution in [-0.2, 0) is 6.37 Å². The van der Waals surface area contributed by atoms with Crippen LogP contribution in [-0.4, -0.2) is 14.4 Å². The van der Waals surface area contributed by atoms with Crippen molar-refractivity contribution in [1.29, 1.82) is 0 Å². The summed E-state index contributed by atoms with van der Waals surface area (Å²) in [4.78, 5) is 9.56. The number of pyridine rings is 2. The SMILES string of the molecule is [2H]C([2H])(c1ccc(-c2cccc3ccn4c5ccccc5nc4c23)nc1)C(C)(C)C. The lowest BCUT2D eigenvalue weighted by molar-refractivity contribution is 0.411. The van der Waals surface area contributed by atoms with Crippen molar-refractivity contribution in [2.24, 2.45) is 5.41 Å². The third kappa shape index (κ3) is 2.84. The molecule has 2 aromatic carbocycles. The van der Waals surface area contributed by atoms with Crippen molar-refractivity contribution >= 4 is 27.5 Å². The molecule has 28 heavy (non-hydrogen) atoms. The highest BCUT2D eigenvalue weighted by atomic mass is 15.0. The van der Waals surface area contributed by atoms with Crippen LogP contribution in [0.5, 0.6) is 0 Å². The molecule has 0 N–H and O–H groups in total. The van der Waals surface area contributed by atoms with Gasteiger partial charge in [-0.15, -0.1) is 0 Å². The zero-order valence-electron chi connectivity index (χ0n) is 18.3. The van der Waals surface area contributed by atoms with Gasteiger partial charge in [-0.2, -0.15) is 0 Å². The third-order valence-electron chi connectivity index (χ3n) is 4.88. The van der Waals surface area contributed by atoms with E-state index in [9.17, 15) is 0 Å². The molecule has 0 aliphatic carbocycles. The molecule has 0 saturated carbocycles. The Labute approximate surface area is 167 Å². The van der Waals surface area contributed by atoms with Crippen molar-refractivity contribution < 1.29 is 2.74 Å². The van der Waals surface area contributed by atoms with Crippen LogP contribution in [0.15, 0.2) is 73.1 Å². The van der Waals surface area contributed by atoms with E-state index in [1.54, 1.807) is 6.20 Å². The minimum absolute atomic E-state index is 0.516. The molecule has 0 radical (unpaired) electrons. The molecular weight excluding hydrogens is 342 g/mol. The molecule has 0 spiro atoms. The monoisotopic (exact) mass is 367 g/mol. The van der Waals surface area contributed by atoms with Gasteiger partial charge in [0.25, 0.3) is 0 Å². The molecule has 138 valence electrons. The number of benzene rings is 2. The number of rotatable bonds is 2. The predicted molar refractivity (Wildman–Crippen MR) is 117 cm³/mol. The van der Waals surface area contributed by atoms with Crippen LogP contribution in [0.1, 0.15) is 29.1 Å². The first kappa shape index (κ1) is 14.8. The first-order valence-corrected chi connectivity index (χ1v) is 9.53. The van der Waals surface area contributed by atoms with E-state index in [-0.39, 0.29) is 0 Å². The van der Waals surface area contributed by atoms with Crippen LogP contribution in [0.4, 0.5) is 0 Å². The van der Waals surface area contributed by atoms with E-state index in [0.717, 1.165) is 38.7 Å². The Morgan fingerprint density at radius 3 is 2.61 bits per heavy atom. The highest BCUT2D eigenvalue weighted by Gasteiger charge is 2.14. The second-order valence-corrected chi connectivity index (χ2v) is 8.19. The maximum atomic E-state index is 8.51. The molecule has 0 saturated heterocycles. The first-order valence-electron chi connectivity index (χ1n) is 10.5. The first-order chi connectivity index (χ1) is 14.3. The van der Waals surface area contributed by atoms with Crippen LogP contribution in [0.25, 0.3) is 38.7 Å². The topological polar surface area (TPSA) is 30.2 Å². The molecule has 5 aromatic rings. The van der Waals surface area contributed by atoms with E-state index in [1.807, 2.05) is 57.2 Å². The van der Waals surface area contributed by atoms with Crippen molar-refractivity contribution in [3.05, 3.63) is 78.6 Å². The number of para-hydroxylation sites is 2. The molecule has 0 aliphatic heterocycles. The van der Waals surface area contributed by atoms with Crippen LogP contribution in [0.2, 0.25) is 0 Å². The van der Waals surface area contributed by atoms with Gasteiger partial charge in [-0.3, -0.25) is 9.38 Å². The Kier molecular flexibility index (Phi) is 3.26. The largest absolute Gasteiger partial charge is 0.299 e. The van der Waals surface area contributed by atoms with Crippen molar-refractivity contribution in [2.75, 3.05) is 0 Å². The van der Waals surface area contributed by atoms with Gasteiger partial charge in [-0.25, -0.2) is 4.98 Å². The van der Waals surface area contributed by atoms with Crippen molar-refractivity contribution in [3.8, 4) is 11.3 Å². The zero-order chi connectivity index (χ0) is 21.1. The quantitative estimate of drug-likeness (QED) is 0.367. The Morgan fingerprint density at radius 2 is 1.82 bits per heavy atom. The number of fused-ring (bicyclic) bond motifs is 5. The summed E-state index contributed by atoms with van der Waals surface area (Å²) in [7, 11) is 0. The summed E-state index contributed by atoms with van der Waals surface area (Å²) in [6.07, 6.45) is 2.26. The fraction of sp³-hybridized carbons (Fsp3) is 0.200. The van der Waals surface area contributed by atoms with Crippen LogP contribution in [0.3, 0.4) is 0 Å². The maximum Gasteiger partial charge on any atom is 0.146 e. The smallest absolute Gasteiger partial charge is 0.146 e. The molecule has 3 heteroatoms. The average Bonchev–Trinajstić information content (AvgIpc) is 3.11. The molecule has 5 rings (SSSR count). The van der Waals surface area contributed by atoms with Crippen molar-refractivity contribution in [1.82, 2.24) is 14.4 Å². The number of hydrogen-bond acceptors (Lipinski definition) is 2. The highest BCUT2D eigenvalue weighted by Crippen LogP contribution is 2.32. The van der Waals surface area contributed by atoms with E-state index in [1.165, 1.54) is 0 Å². The lowest BCUT2D eigenvalue weighted by Crippen LogP contribution is -2.09. The van der Waals surface area contributed by atoms with Gasteiger partial charge in [-0.1, -0.05) is 57.2 Å². The third-order valence-corrected chi connectivity index (χ3v) is 4.88. The molecule has 0 aliphatic rings. The van der Waals surface area contributed by atoms with Crippen LogP contribution >= 0.6 is 0 Å². The van der Waals surface area contributed by atoms with Gasteiger partial charge in [-0.05, 0) is 47.0 Å². The molecule has 3 nitrogen and oxygen atoms in total. The number of hydrogen-bond donors (Lipinski definition) is 0. The Balaban J connectivity index is 1.73. The number of aromatic nitrogens is 3. The molecule has 3 heterocycles. The second kappa shape index (κ2) is 6.16. The van der Waals surface area contributed by atoms with E-state index in [0.29, 0.717) is 5.56 Å². The molecule has 0 amide bonds. The molecule has 0 unspecified atom stereocenters. The van der Waals surface area contributed by atoms with Crippen LogP contribution in [0, 0.1) is 5.41 Å². The highest BCUT2D eigenvalue weighted by molar-refractivity contribution is 6.06. The zero-order valence-corrected chi connectivity index (χ0v) is 16.3. The van der Waals surface area contributed by atoms with Gasteiger partial charge in [0, 0.05) is 26.1 Å². The molecule has 0 atom stereocenters. The Morgan fingerprint density at radius 1 is 0.964 bits per heavy atom. The standard InChI is InChI=1S/C25H23N3/c1-25(2,3)15-17-11-12-20(26-16-17)19-8-6-7-18-13-14-28-22-10-5-4-9-21(22)27-24(28)23(18)19/h4-14,16H,15H2,1-3H3/i15D2. The normalized spacial score (nSPS) is 13.8. The Hall–Kier alpha value is -3.20. The summed E-state index contributed by atoms with van der Waals surface area (Å²) in [6.45, 7) is 5.72. The minimum atomic E-state index is -1.47.